The Hall–Kier alpha value is -2.01. The molecule has 0 bridgehead atoms. The second-order valence-corrected chi connectivity index (χ2v) is 5.92. The normalized spacial score (nSPS) is 16.8. The summed E-state index contributed by atoms with van der Waals surface area (Å²) in [6, 6.07) is 6.21. The topological polar surface area (TPSA) is 55.3 Å². The van der Waals surface area contributed by atoms with Crippen molar-refractivity contribution in [3.05, 3.63) is 35.8 Å². The van der Waals surface area contributed by atoms with E-state index in [9.17, 15) is 4.79 Å². The highest BCUT2D eigenvalue weighted by Gasteiger charge is 2.25. The van der Waals surface area contributed by atoms with Gasteiger partial charge in [0.1, 0.15) is 5.82 Å². The molecule has 0 aliphatic carbocycles. The summed E-state index contributed by atoms with van der Waals surface area (Å²) in [6.45, 7) is 4.57. The van der Waals surface area contributed by atoms with Crippen molar-refractivity contribution in [3.8, 4) is 0 Å². The molecule has 3 rings (SSSR count). The molecular formula is C17H21N3O2. The minimum atomic E-state index is -0.0861. The lowest BCUT2D eigenvalue weighted by Gasteiger charge is -2.29. The highest BCUT2D eigenvalue weighted by molar-refractivity contribution is 5.78. The van der Waals surface area contributed by atoms with E-state index in [0.29, 0.717) is 0 Å². The number of ether oxygens (including phenoxy) is 1. The third-order valence-corrected chi connectivity index (χ3v) is 4.27. The second-order valence-electron chi connectivity index (χ2n) is 5.92. The van der Waals surface area contributed by atoms with Crippen LogP contribution in [0, 0.1) is 12.8 Å². The third kappa shape index (κ3) is 3.25. The minimum absolute atomic E-state index is 0.0433. The van der Waals surface area contributed by atoms with Crippen LogP contribution < -0.4 is 0 Å². The van der Waals surface area contributed by atoms with Gasteiger partial charge in [0, 0.05) is 11.6 Å². The van der Waals surface area contributed by atoms with Crippen molar-refractivity contribution in [3.63, 3.8) is 0 Å². The molecule has 116 valence electrons. The van der Waals surface area contributed by atoms with Gasteiger partial charge in [-0.3, -0.25) is 9.69 Å². The predicted octanol–water partition coefficient (Wildman–Crippen LogP) is 2.32. The summed E-state index contributed by atoms with van der Waals surface area (Å²) in [7, 11) is 1.46. The van der Waals surface area contributed by atoms with E-state index in [4.69, 9.17) is 4.74 Å². The van der Waals surface area contributed by atoms with Gasteiger partial charge in [0.05, 0.1) is 25.1 Å². The van der Waals surface area contributed by atoms with E-state index in [2.05, 4.69) is 33.9 Å². The summed E-state index contributed by atoms with van der Waals surface area (Å²) in [5.41, 5.74) is 2.20. The molecule has 0 amide bonds. The lowest BCUT2D eigenvalue weighted by molar-refractivity contribution is -0.147. The molecule has 5 nitrogen and oxygen atoms in total. The molecule has 0 saturated carbocycles. The van der Waals surface area contributed by atoms with Gasteiger partial charge in [0.25, 0.3) is 0 Å². The van der Waals surface area contributed by atoms with Gasteiger partial charge in [-0.2, -0.15) is 0 Å². The second kappa shape index (κ2) is 6.40. The van der Waals surface area contributed by atoms with Crippen LogP contribution in [0.2, 0.25) is 0 Å². The van der Waals surface area contributed by atoms with Crippen LogP contribution in [0.3, 0.4) is 0 Å². The first-order chi connectivity index (χ1) is 10.7. The van der Waals surface area contributed by atoms with Crippen LogP contribution in [0.5, 0.6) is 0 Å². The molecule has 22 heavy (non-hydrogen) atoms. The van der Waals surface area contributed by atoms with Crippen molar-refractivity contribution < 1.29 is 9.53 Å². The standard InChI is InChI=1S/C17H21N3O2/c1-12-3-4-15-14(9-12)10-18-16(19-15)11-20-7-5-13(6-8-20)17(21)22-2/h3-4,9-10,13H,5-8,11H2,1-2H3. The molecule has 1 aromatic heterocycles. The molecule has 1 saturated heterocycles. The van der Waals surface area contributed by atoms with Gasteiger partial charge in [-0.05, 0) is 45.0 Å². The van der Waals surface area contributed by atoms with Crippen molar-refractivity contribution in [2.24, 2.45) is 5.92 Å². The van der Waals surface area contributed by atoms with Gasteiger partial charge in [-0.1, -0.05) is 11.6 Å². The summed E-state index contributed by atoms with van der Waals surface area (Å²) in [6.07, 6.45) is 3.59. The van der Waals surface area contributed by atoms with E-state index in [1.807, 2.05) is 12.3 Å². The maximum atomic E-state index is 11.5. The highest BCUT2D eigenvalue weighted by Crippen LogP contribution is 2.20. The van der Waals surface area contributed by atoms with Gasteiger partial charge in [-0.25, -0.2) is 9.97 Å². The van der Waals surface area contributed by atoms with E-state index >= 15 is 0 Å². The molecule has 2 heterocycles. The predicted molar refractivity (Wildman–Crippen MR) is 84.3 cm³/mol. The zero-order valence-electron chi connectivity index (χ0n) is 13.1. The first-order valence-corrected chi connectivity index (χ1v) is 7.68. The number of likely N-dealkylation sites (tertiary alicyclic amines) is 1. The van der Waals surface area contributed by atoms with E-state index in [0.717, 1.165) is 49.2 Å². The Kier molecular flexibility index (Phi) is 4.34. The number of carbonyl (C=O) groups is 1. The Morgan fingerprint density at radius 3 is 2.86 bits per heavy atom. The summed E-state index contributed by atoms with van der Waals surface area (Å²) in [5.74, 6) is 0.798. The number of piperidine rings is 1. The molecule has 0 N–H and O–H groups in total. The van der Waals surface area contributed by atoms with Gasteiger partial charge >= 0.3 is 5.97 Å². The number of fused-ring (bicyclic) bond motifs is 1. The number of aryl methyl sites for hydroxylation is 1. The van der Waals surface area contributed by atoms with Gasteiger partial charge in [-0.15, -0.1) is 0 Å². The quantitative estimate of drug-likeness (QED) is 0.814. The Bertz CT molecular complexity index is 679. The highest BCUT2D eigenvalue weighted by atomic mass is 16.5. The molecule has 1 fully saturated rings. The van der Waals surface area contributed by atoms with Gasteiger partial charge < -0.3 is 4.74 Å². The largest absolute Gasteiger partial charge is 0.469 e. The maximum absolute atomic E-state index is 11.5. The Balaban J connectivity index is 1.64. The molecule has 0 spiro atoms. The molecule has 0 unspecified atom stereocenters. The molecule has 0 atom stereocenters. The lowest BCUT2D eigenvalue weighted by Crippen LogP contribution is -2.36. The number of nitrogens with zero attached hydrogens (tertiary/aromatic N) is 3. The van der Waals surface area contributed by atoms with E-state index in [-0.39, 0.29) is 11.9 Å². The average molecular weight is 299 g/mol. The molecule has 1 aromatic carbocycles. The molecule has 1 aliphatic rings. The Labute approximate surface area is 130 Å². The summed E-state index contributed by atoms with van der Waals surface area (Å²) < 4.78 is 4.82. The van der Waals surface area contributed by atoms with Crippen LogP contribution in [-0.4, -0.2) is 41.0 Å². The zero-order valence-corrected chi connectivity index (χ0v) is 13.1. The number of esters is 1. The fourth-order valence-corrected chi connectivity index (χ4v) is 2.96. The van der Waals surface area contributed by atoms with E-state index in [1.165, 1.54) is 12.7 Å². The number of carbonyl (C=O) groups excluding carboxylic acids is 1. The molecule has 2 aromatic rings. The van der Waals surface area contributed by atoms with Crippen LogP contribution in [0.1, 0.15) is 24.2 Å². The van der Waals surface area contributed by atoms with Crippen LogP contribution >= 0.6 is 0 Å². The van der Waals surface area contributed by atoms with Crippen molar-refractivity contribution in [2.75, 3.05) is 20.2 Å². The Morgan fingerprint density at radius 1 is 1.36 bits per heavy atom. The van der Waals surface area contributed by atoms with Crippen LogP contribution in [0.4, 0.5) is 0 Å². The summed E-state index contributed by atoms with van der Waals surface area (Å²) in [5, 5.41) is 1.08. The molecule has 5 heteroatoms. The van der Waals surface area contributed by atoms with Gasteiger partial charge in [0.2, 0.25) is 0 Å². The smallest absolute Gasteiger partial charge is 0.308 e. The van der Waals surface area contributed by atoms with Gasteiger partial charge in [0.15, 0.2) is 0 Å². The van der Waals surface area contributed by atoms with Crippen LogP contribution in [0.15, 0.2) is 24.4 Å². The summed E-state index contributed by atoms with van der Waals surface area (Å²) >= 11 is 0. The van der Waals surface area contributed by atoms with Crippen molar-refractivity contribution in [2.45, 2.75) is 26.3 Å². The van der Waals surface area contributed by atoms with E-state index < -0.39 is 0 Å². The molecular weight excluding hydrogens is 278 g/mol. The van der Waals surface area contributed by atoms with Crippen molar-refractivity contribution in [1.82, 2.24) is 14.9 Å². The molecule has 1 aliphatic heterocycles. The van der Waals surface area contributed by atoms with Crippen LogP contribution in [0.25, 0.3) is 10.9 Å². The third-order valence-electron chi connectivity index (χ3n) is 4.27. The first kappa shape index (κ1) is 14.9. The number of hydrogen-bond donors (Lipinski definition) is 0. The van der Waals surface area contributed by atoms with Crippen LogP contribution in [-0.2, 0) is 16.1 Å². The molecule has 0 radical (unpaired) electrons. The van der Waals surface area contributed by atoms with Crippen molar-refractivity contribution >= 4 is 16.9 Å². The number of rotatable bonds is 3. The average Bonchev–Trinajstić information content (AvgIpc) is 2.55. The monoisotopic (exact) mass is 299 g/mol. The van der Waals surface area contributed by atoms with Crippen molar-refractivity contribution in [1.29, 1.82) is 0 Å². The lowest BCUT2D eigenvalue weighted by atomic mass is 9.97. The fraction of sp³-hybridized carbons (Fsp3) is 0.471. The number of methoxy groups -OCH3 is 1. The minimum Gasteiger partial charge on any atom is -0.469 e. The number of benzene rings is 1. The number of hydrogen-bond acceptors (Lipinski definition) is 5. The summed E-state index contributed by atoms with van der Waals surface area (Å²) in [4.78, 5) is 22.9. The first-order valence-electron chi connectivity index (χ1n) is 7.68. The Morgan fingerprint density at radius 2 is 2.14 bits per heavy atom. The number of aromatic nitrogens is 2. The maximum Gasteiger partial charge on any atom is 0.308 e. The van der Waals surface area contributed by atoms with E-state index in [1.54, 1.807) is 0 Å². The zero-order chi connectivity index (χ0) is 15.5. The SMILES string of the molecule is COC(=O)C1CCN(Cc2ncc3cc(C)ccc3n2)CC1. The fourth-order valence-electron chi connectivity index (χ4n) is 2.96.